The Morgan fingerprint density at radius 2 is 2.21 bits per heavy atom. The van der Waals surface area contributed by atoms with E-state index in [1.165, 1.54) is 12.1 Å². The molecule has 2 unspecified atom stereocenters. The first-order valence-electron chi connectivity index (χ1n) is 7.56. The highest BCUT2D eigenvalue weighted by molar-refractivity contribution is 7.99. The van der Waals surface area contributed by atoms with Gasteiger partial charge >= 0.3 is 0 Å². The lowest BCUT2D eigenvalue weighted by Gasteiger charge is -2.26. The molecule has 138 valence electrons. The van der Waals surface area contributed by atoms with E-state index in [1.54, 1.807) is 6.07 Å². The molecule has 1 saturated heterocycles. The minimum absolute atomic E-state index is 0. The average Bonchev–Trinajstić information content (AvgIpc) is 2.48. The average molecular weight is 398 g/mol. The second kappa shape index (κ2) is 11.9. The lowest BCUT2D eigenvalue weighted by atomic mass is 10.1. The van der Waals surface area contributed by atoms with Crippen molar-refractivity contribution in [2.45, 2.75) is 18.5 Å². The standard InChI is InChI=1S/C16H24FN3OS.2ClH/c1-20(2)15(12-4-3-5-13(17)8-12)10-19-16(21)9-14-11-22-7-6-18-14;;/h3-5,8,14-15,18H,6-7,9-11H2,1-2H3,(H,19,21);2*1H. The van der Waals surface area contributed by atoms with E-state index in [2.05, 4.69) is 10.6 Å². The van der Waals surface area contributed by atoms with Crippen LogP contribution in [0.25, 0.3) is 0 Å². The quantitative estimate of drug-likeness (QED) is 0.773. The van der Waals surface area contributed by atoms with Crippen molar-refractivity contribution in [1.82, 2.24) is 15.5 Å². The van der Waals surface area contributed by atoms with E-state index in [0.29, 0.717) is 13.0 Å². The van der Waals surface area contributed by atoms with Gasteiger partial charge in [-0.1, -0.05) is 12.1 Å². The summed E-state index contributed by atoms with van der Waals surface area (Å²) in [6, 6.07) is 6.77. The van der Waals surface area contributed by atoms with Crippen molar-refractivity contribution < 1.29 is 9.18 Å². The zero-order valence-corrected chi connectivity index (χ0v) is 16.4. The van der Waals surface area contributed by atoms with E-state index < -0.39 is 0 Å². The summed E-state index contributed by atoms with van der Waals surface area (Å²) in [5.74, 6) is 1.89. The van der Waals surface area contributed by atoms with Crippen molar-refractivity contribution in [3.63, 3.8) is 0 Å². The monoisotopic (exact) mass is 397 g/mol. The van der Waals surface area contributed by atoms with Crippen LogP contribution in [-0.2, 0) is 4.79 Å². The minimum atomic E-state index is -0.251. The Bertz CT molecular complexity index is 502. The molecule has 1 amide bonds. The molecule has 1 aliphatic rings. The molecule has 8 heteroatoms. The van der Waals surface area contributed by atoms with Crippen molar-refractivity contribution in [2.75, 3.05) is 38.7 Å². The summed E-state index contributed by atoms with van der Waals surface area (Å²) in [5, 5.41) is 6.33. The number of hydrogen-bond donors (Lipinski definition) is 2. The van der Waals surface area contributed by atoms with Crippen LogP contribution >= 0.6 is 36.6 Å². The highest BCUT2D eigenvalue weighted by atomic mass is 35.5. The van der Waals surface area contributed by atoms with E-state index in [9.17, 15) is 9.18 Å². The second-order valence-corrected chi connectivity index (χ2v) is 6.92. The van der Waals surface area contributed by atoms with Crippen molar-refractivity contribution >= 4 is 42.5 Å². The molecule has 1 aromatic rings. The summed E-state index contributed by atoms with van der Waals surface area (Å²) < 4.78 is 13.4. The molecule has 24 heavy (non-hydrogen) atoms. The Labute approximate surface area is 160 Å². The van der Waals surface area contributed by atoms with Gasteiger partial charge in [0.25, 0.3) is 0 Å². The molecule has 0 radical (unpaired) electrons. The fourth-order valence-corrected chi connectivity index (χ4v) is 3.52. The molecule has 0 aromatic heterocycles. The molecule has 1 fully saturated rings. The number of carbonyl (C=O) groups is 1. The maximum absolute atomic E-state index is 13.4. The third-order valence-corrected chi connectivity index (χ3v) is 4.91. The maximum Gasteiger partial charge on any atom is 0.221 e. The number of benzene rings is 1. The van der Waals surface area contributed by atoms with Gasteiger partial charge in [-0.2, -0.15) is 11.8 Å². The number of amides is 1. The fourth-order valence-electron chi connectivity index (χ4n) is 2.57. The number of thioether (sulfide) groups is 1. The highest BCUT2D eigenvalue weighted by Gasteiger charge is 2.19. The molecule has 4 nitrogen and oxygen atoms in total. The molecule has 0 bridgehead atoms. The van der Waals surface area contributed by atoms with Gasteiger partial charge in [-0.05, 0) is 31.8 Å². The summed E-state index contributed by atoms with van der Waals surface area (Å²) in [6.45, 7) is 1.45. The summed E-state index contributed by atoms with van der Waals surface area (Å²) >= 11 is 1.88. The number of carbonyl (C=O) groups excluding carboxylic acids is 1. The zero-order valence-electron chi connectivity index (χ0n) is 14.0. The Morgan fingerprint density at radius 1 is 1.46 bits per heavy atom. The van der Waals surface area contributed by atoms with Crippen LogP contribution < -0.4 is 10.6 Å². The lowest BCUT2D eigenvalue weighted by Crippen LogP contribution is -2.42. The van der Waals surface area contributed by atoms with Gasteiger partial charge in [0.2, 0.25) is 5.91 Å². The zero-order chi connectivity index (χ0) is 15.9. The molecule has 2 N–H and O–H groups in total. The highest BCUT2D eigenvalue weighted by Crippen LogP contribution is 2.18. The summed E-state index contributed by atoms with van der Waals surface area (Å²) in [7, 11) is 3.86. The number of nitrogens with zero attached hydrogens (tertiary/aromatic N) is 1. The van der Waals surface area contributed by atoms with E-state index in [4.69, 9.17) is 0 Å². The molecular formula is C16H26Cl2FN3OS. The second-order valence-electron chi connectivity index (χ2n) is 5.77. The van der Waals surface area contributed by atoms with Gasteiger partial charge in [0.05, 0.1) is 6.04 Å². The van der Waals surface area contributed by atoms with Crippen LogP contribution in [0.1, 0.15) is 18.0 Å². The van der Waals surface area contributed by atoms with Gasteiger partial charge in [0.15, 0.2) is 0 Å². The minimum Gasteiger partial charge on any atom is -0.354 e. The topological polar surface area (TPSA) is 44.4 Å². The maximum atomic E-state index is 13.4. The molecule has 2 rings (SSSR count). The number of halogens is 3. The van der Waals surface area contributed by atoms with Crippen LogP contribution in [-0.4, -0.2) is 55.5 Å². The van der Waals surface area contributed by atoms with Gasteiger partial charge in [-0.3, -0.25) is 4.79 Å². The first kappa shape index (κ1) is 23.5. The van der Waals surface area contributed by atoms with Crippen LogP contribution in [0.3, 0.4) is 0 Å². The Kier molecular flexibility index (Phi) is 11.7. The largest absolute Gasteiger partial charge is 0.354 e. The molecule has 0 saturated carbocycles. The third-order valence-electron chi connectivity index (χ3n) is 3.78. The molecule has 0 aliphatic carbocycles. The molecule has 2 atom stereocenters. The Morgan fingerprint density at radius 3 is 2.79 bits per heavy atom. The van der Waals surface area contributed by atoms with E-state index in [1.807, 2.05) is 36.8 Å². The van der Waals surface area contributed by atoms with Crippen molar-refractivity contribution in [2.24, 2.45) is 0 Å². The molecule has 1 heterocycles. The Hall–Kier alpha value is -0.530. The Balaban J connectivity index is 0.00000264. The summed E-state index contributed by atoms with van der Waals surface area (Å²) in [4.78, 5) is 14.1. The van der Waals surface area contributed by atoms with E-state index in [0.717, 1.165) is 23.6 Å². The number of hydrogen-bond acceptors (Lipinski definition) is 4. The fraction of sp³-hybridized carbons (Fsp3) is 0.562. The molecular weight excluding hydrogens is 372 g/mol. The molecule has 0 spiro atoms. The first-order chi connectivity index (χ1) is 10.6. The smallest absolute Gasteiger partial charge is 0.221 e. The predicted octanol–water partition coefficient (Wildman–Crippen LogP) is 2.48. The van der Waals surface area contributed by atoms with E-state index >= 15 is 0 Å². The normalized spacial score (nSPS) is 18.2. The summed E-state index contributed by atoms with van der Waals surface area (Å²) in [5.41, 5.74) is 0.872. The van der Waals surface area contributed by atoms with Crippen LogP contribution in [0.2, 0.25) is 0 Å². The van der Waals surface area contributed by atoms with Crippen molar-refractivity contribution in [3.8, 4) is 0 Å². The third kappa shape index (κ3) is 7.57. The number of likely N-dealkylation sites (N-methyl/N-ethyl adjacent to an activating group) is 1. The van der Waals surface area contributed by atoms with Crippen LogP contribution in [0.5, 0.6) is 0 Å². The van der Waals surface area contributed by atoms with Crippen LogP contribution in [0.15, 0.2) is 24.3 Å². The van der Waals surface area contributed by atoms with Gasteiger partial charge in [0.1, 0.15) is 5.82 Å². The molecule has 1 aliphatic heterocycles. The van der Waals surface area contributed by atoms with E-state index in [-0.39, 0.29) is 48.6 Å². The van der Waals surface area contributed by atoms with Gasteiger partial charge < -0.3 is 15.5 Å². The predicted molar refractivity (Wildman–Crippen MR) is 104 cm³/mol. The SMILES string of the molecule is CN(C)C(CNC(=O)CC1CSCCN1)c1cccc(F)c1.Cl.Cl. The molecule has 1 aromatic carbocycles. The van der Waals surface area contributed by atoms with Crippen molar-refractivity contribution in [3.05, 3.63) is 35.6 Å². The van der Waals surface area contributed by atoms with Gasteiger partial charge in [-0.15, -0.1) is 24.8 Å². The van der Waals surface area contributed by atoms with Crippen LogP contribution in [0, 0.1) is 5.82 Å². The summed E-state index contributed by atoms with van der Waals surface area (Å²) in [6.07, 6.45) is 0.496. The number of nitrogens with one attached hydrogen (secondary N) is 2. The number of rotatable bonds is 6. The lowest BCUT2D eigenvalue weighted by molar-refractivity contribution is -0.121. The first-order valence-corrected chi connectivity index (χ1v) is 8.71. The van der Waals surface area contributed by atoms with Crippen LogP contribution in [0.4, 0.5) is 4.39 Å². The van der Waals surface area contributed by atoms with Crippen molar-refractivity contribution in [1.29, 1.82) is 0 Å². The van der Waals surface area contributed by atoms with Gasteiger partial charge in [0, 0.05) is 37.1 Å². The van der Waals surface area contributed by atoms with Gasteiger partial charge in [-0.25, -0.2) is 4.39 Å².